The van der Waals surface area contributed by atoms with Gasteiger partial charge in [0.1, 0.15) is 0 Å². The molecule has 142 valence electrons. The fourth-order valence-electron chi connectivity index (χ4n) is 5.01. The van der Waals surface area contributed by atoms with E-state index in [9.17, 15) is 0 Å². The number of pyridine rings is 1. The van der Waals surface area contributed by atoms with E-state index in [1.165, 1.54) is 48.2 Å². The van der Waals surface area contributed by atoms with Crippen LogP contribution in [-0.4, -0.2) is 47.5 Å². The number of nitrogens with zero attached hydrogens (tertiary/aromatic N) is 5. The van der Waals surface area contributed by atoms with Crippen LogP contribution in [-0.2, 0) is 19.9 Å². The minimum absolute atomic E-state index is 0.597. The molecule has 2 aromatic rings. The zero-order valence-corrected chi connectivity index (χ0v) is 16.7. The lowest BCUT2D eigenvalue weighted by Crippen LogP contribution is -2.31. The number of allylic oxidation sites excluding steroid dienone is 1. The van der Waals surface area contributed by atoms with Crippen molar-refractivity contribution in [2.75, 3.05) is 20.1 Å². The SMILES string of the molecule is C=NC=C(C=NC)CCc1nc(C)cc2c3c(n(C)c12)CCN1CCCC31. The van der Waals surface area contributed by atoms with Crippen LogP contribution in [0, 0.1) is 6.92 Å². The molecule has 2 aromatic heterocycles. The van der Waals surface area contributed by atoms with Crippen molar-refractivity contribution in [3.05, 3.63) is 40.5 Å². The molecule has 0 bridgehead atoms. The summed E-state index contributed by atoms with van der Waals surface area (Å²) in [5.74, 6) is 0. The predicted molar refractivity (Wildman–Crippen MR) is 113 cm³/mol. The molecule has 1 unspecified atom stereocenters. The Morgan fingerprint density at radius 1 is 1.41 bits per heavy atom. The predicted octanol–water partition coefficient (Wildman–Crippen LogP) is 3.79. The van der Waals surface area contributed by atoms with Gasteiger partial charge >= 0.3 is 0 Å². The third-order valence-corrected chi connectivity index (χ3v) is 6.07. The summed E-state index contributed by atoms with van der Waals surface area (Å²) >= 11 is 0. The Morgan fingerprint density at radius 2 is 2.26 bits per heavy atom. The Labute approximate surface area is 161 Å². The van der Waals surface area contributed by atoms with Crippen molar-refractivity contribution in [1.29, 1.82) is 0 Å². The first kappa shape index (κ1) is 18.1. The van der Waals surface area contributed by atoms with Gasteiger partial charge in [-0.2, -0.15) is 0 Å². The van der Waals surface area contributed by atoms with Crippen molar-refractivity contribution < 1.29 is 0 Å². The first-order valence-electron chi connectivity index (χ1n) is 9.92. The van der Waals surface area contributed by atoms with Crippen molar-refractivity contribution in [3.8, 4) is 0 Å². The summed E-state index contributed by atoms with van der Waals surface area (Å²) in [6.07, 6.45) is 9.16. The monoisotopic (exact) mass is 363 g/mol. The van der Waals surface area contributed by atoms with Gasteiger partial charge in [-0.15, -0.1) is 0 Å². The molecule has 1 saturated heterocycles. The lowest BCUT2D eigenvalue weighted by atomic mass is 9.95. The van der Waals surface area contributed by atoms with Gasteiger partial charge in [-0.1, -0.05) is 0 Å². The number of rotatable bonds is 5. The van der Waals surface area contributed by atoms with E-state index in [4.69, 9.17) is 4.98 Å². The van der Waals surface area contributed by atoms with Crippen LogP contribution >= 0.6 is 0 Å². The average molecular weight is 364 g/mol. The van der Waals surface area contributed by atoms with Gasteiger partial charge < -0.3 is 4.57 Å². The maximum atomic E-state index is 4.93. The number of fused-ring (bicyclic) bond motifs is 5. The van der Waals surface area contributed by atoms with Crippen LogP contribution in [0.1, 0.15) is 47.9 Å². The normalized spacial score (nSPS) is 20.4. The van der Waals surface area contributed by atoms with Crippen molar-refractivity contribution in [1.82, 2.24) is 14.5 Å². The number of hydrogen-bond donors (Lipinski definition) is 0. The fraction of sp³-hybridized carbons (Fsp3) is 0.500. The molecule has 4 heterocycles. The van der Waals surface area contributed by atoms with Gasteiger partial charge in [-0.05, 0) is 63.1 Å². The van der Waals surface area contributed by atoms with Crippen LogP contribution < -0.4 is 0 Å². The summed E-state index contributed by atoms with van der Waals surface area (Å²) in [5.41, 5.74) is 7.79. The van der Waals surface area contributed by atoms with E-state index in [-0.39, 0.29) is 0 Å². The molecule has 2 aliphatic heterocycles. The number of hydrogen-bond acceptors (Lipinski definition) is 4. The van der Waals surface area contributed by atoms with Crippen LogP contribution in [0.25, 0.3) is 10.9 Å². The number of aliphatic imine (C=N–C) groups is 2. The second-order valence-corrected chi connectivity index (χ2v) is 7.74. The highest BCUT2D eigenvalue weighted by Crippen LogP contribution is 2.43. The zero-order chi connectivity index (χ0) is 19.0. The molecule has 0 N–H and O–H groups in total. The summed E-state index contributed by atoms with van der Waals surface area (Å²) in [6.45, 7) is 8.13. The molecule has 5 nitrogen and oxygen atoms in total. The third kappa shape index (κ3) is 3.14. The lowest BCUT2D eigenvalue weighted by molar-refractivity contribution is 0.242. The van der Waals surface area contributed by atoms with E-state index in [2.05, 4.69) is 46.2 Å². The molecule has 27 heavy (non-hydrogen) atoms. The van der Waals surface area contributed by atoms with E-state index in [1.54, 1.807) is 18.8 Å². The van der Waals surface area contributed by atoms with E-state index >= 15 is 0 Å². The van der Waals surface area contributed by atoms with Gasteiger partial charge in [0.2, 0.25) is 0 Å². The molecule has 4 rings (SSSR count). The average Bonchev–Trinajstić information content (AvgIpc) is 3.23. The molecule has 0 saturated carbocycles. The van der Waals surface area contributed by atoms with Gasteiger partial charge in [0, 0.05) is 62.3 Å². The minimum atomic E-state index is 0.597. The maximum Gasteiger partial charge on any atom is 0.0702 e. The van der Waals surface area contributed by atoms with E-state index in [0.717, 1.165) is 30.5 Å². The second kappa shape index (κ2) is 7.39. The van der Waals surface area contributed by atoms with Gasteiger partial charge in [-0.25, -0.2) is 0 Å². The van der Waals surface area contributed by atoms with Crippen molar-refractivity contribution in [3.63, 3.8) is 0 Å². The van der Waals surface area contributed by atoms with Crippen LogP contribution in [0.4, 0.5) is 0 Å². The highest BCUT2D eigenvalue weighted by Gasteiger charge is 2.35. The minimum Gasteiger partial charge on any atom is -0.346 e. The van der Waals surface area contributed by atoms with Crippen LogP contribution in [0.2, 0.25) is 0 Å². The molecular formula is C22H29N5. The molecule has 0 amide bonds. The number of aryl methyl sites for hydroxylation is 3. The molecule has 1 fully saturated rings. The molecule has 1 atom stereocenters. The van der Waals surface area contributed by atoms with Crippen molar-refractivity contribution in [2.24, 2.45) is 17.0 Å². The molecule has 0 spiro atoms. The largest absolute Gasteiger partial charge is 0.346 e. The van der Waals surface area contributed by atoms with E-state index in [0.29, 0.717) is 6.04 Å². The first-order chi connectivity index (χ1) is 13.1. The van der Waals surface area contributed by atoms with E-state index in [1.807, 2.05) is 6.21 Å². The summed E-state index contributed by atoms with van der Waals surface area (Å²) < 4.78 is 2.42. The Morgan fingerprint density at radius 3 is 3.04 bits per heavy atom. The van der Waals surface area contributed by atoms with Crippen molar-refractivity contribution in [2.45, 2.75) is 45.1 Å². The topological polar surface area (TPSA) is 45.8 Å². The summed E-state index contributed by atoms with van der Waals surface area (Å²) in [5, 5.41) is 1.42. The Kier molecular flexibility index (Phi) is 4.96. The fourth-order valence-corrected chi connectivity index (χ4v) is 5.01. The Balaban J connectivity index is 1.79. The molecule has 0 aromatic carbocycles. The quantitative estimate of drug-likeness (QED) is 0.759. The Bertz CT molecular complexity index is 934. The highest BCUT2D eigenvalue weighted by molar-refractivity contribution is 5.89. The second-order valence-electron chi connectivity index (χ2n) is 7.74. The highest BCUT2D eigenvalue weighted by atomic mass is 15.2. The third-order valence-electron chi connectivity index (χ3n) is 6.07. The summed E-state index contributed by atoms with van der Waals surface area (Å²) in [4.78, 5) is 15.7. The van der Waals surface area contributed by atoms with Crippen LogP contribution in [0.3, 0.4) is 0 Å². The van der Waals surface area contributed by atoms with Crippen molar-refractivity contribution >= 4 is 23.8 Å². The Hall–Kier alpha value is -2.27. The molecule has 0 aliphatic carbocycles. The smallest absolute Gasteiger partial charge is 0.0702 e. The molecule has 2 aliphatic rings. The van der Waals surface area contributed by atoms with Gasteiger partial charge in [0.15, 0.2) is 0 Å². The first-order valence-corrected chi connectivity index (χ1v) is 9.92. The summed E-state index contributed by atoms with van der Waals surface area (Å²) in [6, 6.07) is 2.90. The maximum absolute atomic E-state index is 4.93. The van der Waals surface area contributed by atoms with Crippen LogP contribution in [0.5, 0.6) is 0 Å². The molecule has 5 heteroatoms. The zero-order valence-electron chi connectivity index (χ0n) is 16.7. The molecule has 0 radical (unpaired) electrons. The van der Waals surface area contributed by atoms with Crippen LogP contribution in [0.15, 0.2) is 27.8 Å². The molecular weight excluding hydrogens is 334 g/mol. The van der Waals surface area contributed by atoms with Gasteiger partial charge in [-0.3, -0.25) is 19.9 Å². The standard InChI is InChI=1S/C22H29N5/c1-15-12-17-21-19(9-11-27-10-5-6-20(21)27)26(4)22(17)18(25-15)8-7-16(13-23-2)14-24-3/h12-14,20H,2,5-11H2,1,3-4H3. The lowest BCUT2D eigenvalue weighted by Gasteiger charge is -2.30. The van der Waals surface area contributed by atoms with E-state index < -0.39 is 0 Å². The number of aromatic nitrogens is 2. The summed E-state index contributed by atoms with van der Waals surface area (Å²) in [7, 11) is 4.01. The van der Waals surface area contributed by atoms with Gasteiger partial charge in [0.05, 0.1) is 11.2 Å². The van der Waals surface area contributed by atoms with Gasteiger partial charge in [0.25, 0.3) is 0 Å².